The maximum Gasteiger partial charge on any atom is 0.135 e. The molecular weight excluding hydrogens is 318 g/mol. The van der Waals surface area contributed by atoms with Gasteiger partial charge in [-0.25, -0.2) is 5.90 Å². The van der Waals surface area contributed by atoms with E-state index < -0.39 is 0 Å². The molecule has 6 nitrogen and oxygen atoms in total. The second-order valence-electron chi connectivity index (χ2n) is 0.965. The second kappa shape index (κ2) is 380. The van der Waals surface area contributed by atoms with Crippen LogP contribution in [0.1, 0.15) is 88.1 Å². The van der Waals surface area contributed by atoms with Crippen LogP contribution in [-0.2, 0) is 0 Å². The number of hydrogen-bond acceptors (Lipinski definition) is 5. The minimum atomic E-state index is 0. The van der Waals surface area contributed by atoms with Gasteiger partial charge in [0.2, 0.25) is 0 Å². The summed E-state index contributed by atoms with van der Waals surface area (Å²) in [5.74, 6) is 3.69. The molecule has 0 amide bonds. The van der Waals surface area contributed by atoms with Crippen molar-refractivity contribution in [2.24, 2.45) is 16.8 Å². The van der Waals surface area contributed by atoms with E-state index in [4.69, 9.17) is 21.4 Å². The standard InChI is InChI=1S/C2H6N2O.C2H3N.10CH4.H3NO.2H3P/c1-2(3)4-5;1-2-3;;;;;;;;;;;1-2;;/h5H,1H3,(H2,3,4);1H3;10*1H4;2H,1H2;2*1H3. The molecule has 0 saturated heterocycles. The van der Waals surface area contributed by atoms with Crippen molar-refractivity contribution in [3.05, 3.63) is 0 Å². The summed E-state index contributed by atoms with van der Waals surface area (Å²) in [6.07, 6.45) is 0. The van der Waals surface area contributed by atoms with Gasteiger partial charge >= 0.3 is 0 Å². The van der Waals surface area contributed by atoms with Crippen molar-refractivity contribution in [3.63, 3.8) is 0 Å². The van der Waals surface area contributed by atoms with Gasteiger partial charge in [-0.1, -0.05) is 79.4 Å². The Morgan fingerprint density at radius 2 is 0.864 bits per heavy atom. The molecule has 0 aliphatic heterocycles. The van der Waals surface area contributed by atoms with Crippen LogP contribution in [0.3, 0.4) is 0 Å². The Labute approximate surface area is 153 Å². The molecule has 156 valence electrons. The fraction of sp³-hybridized carbons (Fsp3) is 0.857. The number of oxime groups is 1. The number of hydrogen-bond donors (Lipinski definition) is 4. The highest BCUT2D eigenvalue weighted by Gasteiger charge is 1.64. The highest BCUT2D eigenvalue weighted by molar-refractivity contribution is 6.92. The van der Waals surface area contributed by atoms with Crippen molar-refractivity contribution >= 4 is 25.6 Å². The molecule has 22 heavy (non-hydrogen) atoms. The summed E-state index contributed by atoms with van der Waals surface area (Å²) < 4.78 is 0. The van der Waals surface area contributed by atoms with E-state index in [1.807, 2.05) is 0 Å². The minimum absolute atomic E-state index is 0. The van der Waals surface area contributed by atoms with Gasteiger partial charge in [0, 0.05) is 6.92 Å². The smallest absolute Gasteiger partial charge is 0.135 e. The van der Waals surface area contributed by atoms with Crippen molar-refractivity contribution in [2.75, 3.05) is 0 Å². The van der Waals surface area contributed by atoms with E-state index in [0.717, 1.165) is 0 Å². The van der Waals surface area contributed by atoms with Crippen LogP contribution in [0.2, 0.25) is 0 Å². The Morgan fingerprint density at radius 3 is 0.864 bits per heavy atom. The van der Waals surface area contributed by atoms with Gasteiger partial charge in [0.25, 0.3) is 0 Å². The summed E-state index contributed by atoms with van der Waals surface area (Å²) in [4.78, 5) is 0. The summed E-state index contributed by atoms with van der Waals surface area (Å²) >= 11 is 0. The summed E-state index contributed by atoms with van der Waals surface area (Å²) in [5.41, 5.74) is 4.79. The van der Waals surface area contributed by atoms with E-state index in [9.17, 15) is 0 Å². The Balaban J connectivity index is -0.00000000210. The molecule has 0 aliphatic rings. The molecule has 2 atom stereocenters. The number of nitriles is 1. The van der Waals surface area contributed by atoms with Crippen molar-refractivity contribution in [1.29, 1.82) is 5.26 Å². The summed E-state index contributed by atoms with van der Waals surface area (Å²) in [5, 5.41) is 24.0. The number of nitrogens with two attached hydrogens (primary N) is 2. The molecule has 0 radical (unpaired) electrons. The first-order valence-electron chi connectivity index (χ1n) is 2.19. The first-order chi connectivity index (χ1) is 4.68. The Hall–Kier alpha value is -0.460. The van der Waals surface area contributed by atoms with E-state index in [2.05, 4.69) is 11.1 Å². The molecule has 0 aliphatic carbocycles. The molecule has 0 rings (SSSR count). The molecule has 0 saturated carbocycles. The number of rotatable bonds is 0. The van der Waals surface area contributed by atoms with Crippen LogP contribution in [0.15, 0.2) is 5.16 Å². The summed E-state index contributed by atoms with van der Waals surface area (Å²) in [7, 11) is 0. The Morgan fingerprint density at radius 1 is 0.818 bits per heavy atom. The lowest BCUT2D eigenvalue weighted by molar-refractivity contribution is 0.311. The van der Waals surface area contributed by atoms with Crippen LogP contribution in [0, 0.1) is 11.3 Å². The summed E-state index contributed by atoms with van der Waals surface area (Å²) in [6, 6.07) is 1.75. The van der Waals surface area contributed by atoms with E-state index in [0.29, 0.717) is 0 Å². The first-order valence-corrected chi connectivity index (χ1v) is 2.19. The molecule has 0 fully saturated rings. The monoisotopic (exact) mass is 376 g/mol. The lowest BCUT2D eigenvalue weighted by Crippen LogP contribution is -2.03. The molecule has 8 heteroatoms. The second-order valence-corrected chi connectivity index (χ2v) is 0.965. The third-order valence-corrected chi connectivity index (χ3v) is 0.158. The number of amidine groups is 1. The summed E-state index contributed by atoms with van der Waals surface area (Å²) in [6.45, 7) is 2.93. The SMILES string of the molecule is C.C.C.C.C.C.C.C.C.C.C/C(N)=N/O.CC#N.NO.P.P. The fourth-order valence-electron chi connectivity index (χ4n) is 0. The molecule has 0 heterocycles. The molecule has 0 aromatic carbocycles. The van der Waals surface area contributed by atoms with Crippen molar-refractivity contribution < 1.29 is 10.4 Å². The molecule has 2 unspecified atom stereocenters. The van der Waals surface area contributed by atoms with Crippen LogP contribution >= 0.6 is 19.8 Å². The third kappa shape index (κ3) is 2830. The maximum atomic E-state index is 7.61. The predicted octanol–water partition coefficient (Wildman–Crippen LogP) is 6.09. The van der Waals surface area contributed by atoms with Gasteiger partial charge in [0.05, 0.1) is 6.07 Å². The predicted molar refractivity (Wildman–Crippen MR) is 126 cm³/mol. The van der Waals surface area contributed by atoms with Crippen LogP contribution < -0.4 is 11.6 Å². The Bertz CT molecular complexity index is 120. The normalized spacial score (nSPS) is 3.32. The third-order valence-electron chi connectivity index (χ3n) is 0.158. The van der Waals surface area contributed by atoms with E-state index in [1.54, 1.807) is 6.07 Å². The van der Waals surface area contributed by atoms with Gasteiger partial charge in [-0.15, -0.1) is 0 Å². The van der Waals surface area contributed by atoms with Crippen LogP contribution in [0.5, 0.6) is 0 Å². The fourth-order valence-corrected chi connectivity index (χ4v) is 0. The average molecular weight is 377 g/mol. The topological polar surface area (TPSA) is 129 Å². The number of nitrogens with zero attached hydrogens (tertiary/aromatic N) is 2. The van der Waals surface area contributed by atoms with Gasteiger partial charge in [-0.05, 0) is 6.92 Å². The van der Waals surface area contributed by atoms with Crippen molar-refractivity contribution in [2.45, 2.75) is 88.1 Å². The lowest BCUT2D eigenvalue weighted by Gasteiger charge is -1.73. The van der Waals surface area contributed by atoms with Gasteiger partial charge in [0.15, 0.2) is 0 Å². The minimum Gasteiger partial charge on any atom is -0.409 e. The van der Waals surface area contributed by atoms with Gasteiger partial charge < -0.3 is 16.1 Å². The highest BCUT2D eigenvalue weighted by Crippen LogP contribution is 1.51. The molecule has 0 spiro atoms. The van der Waals surface area contributed by atoms with E-state index >= 15 is 0 Å². The van der Waals surface area contributed by atoms with Gasteiger partial charge in [-0.2, -0.15) is 25.1 Å². The first kappa shape index (κ1) is 212. The molecule has 0 bridgehead atoms. The molecule has 0 aromatic heterocycles. The maximum absolute atomic E-state index is 7.61. The van der Waals surface area contributed by atoms with Crippen molar-refractivity contribution in [1.82, 2.24) is 0 Å². The van der Waals surface area contributed by atoms with Crippen LogP contribution in [0.25, 0.3) is 0 Å². The zero-order valence-corrected chi connectivity index (χ0v) is 10.2. The largest absolute Gasteiger partial charge is 0.409 e. The quantitative estimate of drug-likeness (QED) is 0.133. The van der Waals surface area contributed by atoms with Crippen molar-refractivity contribution in [3.8, 4) is 6.07 Å². The Kier molecular flexibility index (Phi) is 3670. The van der Waals surface area contributed by atoms with Crippen LogP contribution in [0.4, 0.5) is 0 Å². The van der Waals surface area contributed by atoms with Crippen LogP contribution in [-0.4, -0.2) is 16.3 Å². The zero-order valence-electron chi connectivity index (χ0n) is 7.36. The van der Waals surface area contributed by atoms with Gasteiger partial charge in [-0.3, -0.25) is 0 Å². The molecule has 6 N–H and O–H groups in total. The molecular formula is C14H58N4O2P2. The zero-order chi connectivity index (χ0) is 8.99. The highest BCUT2D eigenvalue weighted by atomic mass is 31.0. The van der Waals surface area contributed by atoms with Gasteiger partial charge in [0.1, 0.15) is 5.84 Å². The average Bonchev–Trinajstić information content (AvgIpc) is 1.94. The lowest BCUT2D eigenvalue weighted by atomic mass is 10.7. The molecule has 0 aromatic rings. The van der Waals surface area contributed by atoms with E-state index in [-0.39, 0.29) is 99.9 Å². The van der Waals surface area contributed by atoms with E-state index in [1.165, 1.54) is 13.8 Å².